The Bertz CT molecular complexity index is 566. The number of nitrogens with two attached hydrogens (primary N) is 1. The molecule has 1 aromatic carbocycles. The molecule has 1 fully saturated rings. The van der Waals surface area contributed by atoms with Gasteiger partial charge in [0.2, 0.25) is 0 Å². The number of nitrogens with one attached hydrogen (secondary N) is 1. The van der Waals surface area contributed by atoms with Crippen LogP contribution in [0.4, 0.5) is 4.39 Å². The molecule has 1 aliphatic carbocycles. The molecule has 1 saturated carbocycles. The van der Waals surface area contributed by atoms with Crippen LogP contribution in [0.5, 0.6) is 0 Å². The largest absolute Gasteiger partial charge is 0.349 e. The van der Waals surface area contributed by atoms with Crippen molar-refractivity contribution in [1.82, 2.24) is 5.32 Å². The van der Waals surface area contributed by atoms with Crippen LogP contribution in [0.1, 0.15) is 48.5 Å². The van der Waals surface area contributed by atoms with Crippen LogP contribution < -0.4 is 11.1 Å². The van der Waals surface area contributed by atoms with Crippen LogP contribution in [0, 0.1) is 23.6 Å². The van der Waals surface area contributed by atoms with E-state index in [4.69, 9.17) is 5.73 Å². The van der Waals surface area contributed by atoms with Gasteiger partial charge in [-0.1, -0.05) is 18.8 Å². The molecule has 0 aliphatic heterocycles. The third kappa shape index (κ3) is 4.30. The Labute approximate surface area is 125 Å². The lowest BCUT2D eigenvalue weighted by Gasteiger charge is -2.27. The van der Waals surface area contributed by atoms with Crippen LogP contribution in [0.15, 0.2) is 18.2 Å². The second kappa shape index (κ2) is 7.24. The molecule has 0 heterocycles. The lowest BCUT2D eigenvalue weighted by molar-refractivity contribution is 0.0922. The molecule has 112 valence electrons. The van der Waals surface area contributed by atoms with Gasteiger partial charge >= 0.3 is 0 Å². The van der Waals surface area contributed by atoms with E-state index in [-0.39, 0.29) is 24.1 Å². The monoisotopic (exact) mass is 288 g/mol. The zero-order chi connectivity index (χ0) is 15.2. The Morgan fingerprint density at radius 1 is 1.38 bits per heavy atom. The molecule has 1 aliphatic rings. The zero-order valence-electron chi connectivity index (χ0n) is 12.3. The predicted molar refractivity (Wildman–Crippen MR) is 81.2 cm³/mol. The predicted octanol–water partition coefficient (Wildman–Crippen LogP) is 2.44. The van der Waals surface area contributed by atoms with E-state index in [0.29, 0.717) is 5.56 Å². The van der Waals surface area contributed by atoms with Crippen LogP contribution in [0.25, 0.3) is 0 Å². The summed E-state index contributed by atoms with van der Waals surface area (Å²) in [6.07, 6.45) is 4.19. The second-order valence-corrected chi connectivity index (χ2v) is 5.63. The number of benzene rings is 1. The Kier molecular flexibility index (Phi) is 5.35. The van der Waals surface area contributed by atoms with Crippen molar-refractivity contribution in [2.24, 2.45) is 11.7 Å². The van der Waals surface area contributed by atoms with Crippen molar-refractivity contribution in [2.45, 2.75) is 38.6 Å². The molecule has 0 aromatic heterocycles. The fourth-order valence-corrected chi connectivity index (χ4v) is 2.63. The number of rotatable bonds is 2. The van der Waals surface area contributed by atoms with E-state index in [1.807, 2.05) is 0 Å². The highest BCUT2D eigenvalue weighted by molar-refractivity contribution is 5.97. The van der Waals surface area contributed by atoms with Gasteiger partial charge in [-0.15, -0.1) is 0 Å². The summed E-state index contributed by atoms with van der Waals surface area (Å²) in [7, 11) is 0. The molecule has 3 N–H and O–H groups in total. The zero-order valence-corrected chi connectivity index (χ0v) is 12.3. The molecule has 1 amide bonds. The van der Waals surface area contributed by atoms with E-state index in [2.05, 4.69) is 24.1 Å². The molecular formula is C17H21FN2O. The van der Waals surface area contributed by atoms with Gasteiger partial charge in [0.1, 0.15) is 5.82 Å². The summed E-state index contributed by atoms with van der Waals surface area (Å²) in [4.78, 5) is 12.4. The van der Waals surface area contributed by atoms with Crippen LogP contribution in [0.3, 0.4) is 0 Å². The van der Waals surface area contributed by atoms with Gasteiger partial charge in [0.25, 0.3) is 5.91 Å². The van der Waals surface area contributed by atoms with E-state index in [0.717, 1.165) is 31.6 Å². The summed E-state index contributed by atoms with van der Waals surface area (Å²) in [5, 5.41) is 3.00. The molecule has 3 nitrogen and oxygen atoms in total. The third-order valence-electron chi connectivity index (χ3n) is 3.90. The van der Waals surface area contributed by atoms with Gasteiger partial charge in [-0.3, -0.25) is 4.79 Å². The highest BCUT2D eigenvalue weighted by atomic mass is 19.1. The van der Waals surface area contributed by atoms with Gasteiger partial charge in [-0.05, 0) is 49.8 Å². The van der Waals surface area contributed by atoms with Crippen LogP contribution in [-0.2, 0) is 0 Å². The van der Waals surface area contributed by atoms with Gasteiger partial charge in [0.05, 0.1) is 12.1 Å². The van der Waals surface area contributed by atoms with Gasteiger partial charge in [-0.2, -0.15) is 0 Å². The first-order valence-corrected chi connectivity index (χ1v) is 7.39. The van der Waals surface area contributed by atoms with Crippen LogP contribution in [0.2, 0.25) is 0 Å². The van der Waals surface area contributed by atoms with Gasteiger partial charge < -0.3 is 11.1 Å². The van der Waals surface area contributed by atoms with Crippen molar-refractivity contribution >= 4 is 5.91 Å². The average Bonchev–Trinajstić information content (AvgIpc) is 2.48. The first-order chi connectivity index (χ1) is 10.1. The number of amides is 1. The van der Waals surface area contributed by atoms with Crippen molar-refractivity contribution in [3.63, 3.8) is 0 Å². The first kappa shape index (κ1) is 15.5. The molecule has 0 spiro atoms. The van der Waals surface area contributed by atoms with Crippen molar-refractivity contribution in [3.8, 4) is 11.8 Å². The average molecular weight is 288 g/mol. The molecule has 0 saturated heterocycles. The Balaban J connectivity index is 2.12. The number of hydrogen-bond donors (Lipinski definition) is 2. The Hall–Kier alpha value is -1.86. The van der Waals surface area contributed by atoms with Gasteiger partial charge in [0, 0.05) is 11.6 Å². The van der Waals surface area contributed by atoms with Gasteiger partial charge in [0.15, 0.2) is 0 Å². The highest BCUT2D eigenvalue weighted by Gasteiger charge is 2.21. The number of hydrogen-bond acceptors (Lipinski definition) is 2. The maximum absolute atomic E-state index is 13.4. The summed E-state index contributed by atoms with van der Waals surface area (Å²) >= 11 is 0. The summed E-state index contributed by atoms with van der Waals surface area (Å²) in [5.41, 5.74) is 6.15. The van der Waals surface area contributed by atoms with E-state index in [9.17, 15) is 9.18 Å². The minimum absolute atomic E-state index is 0.173. The molecule has 0 unspecified atom stereocenters. The van der Waals surface area contributed by atoms with Crippen LogP contribution in [-0.4, -0.2) is 18.5 Å². The molecule has 0 radical (unpaired) electrons. The molecular weight excluding hydrogens is 267 g/mol. The van der Waals surface area contributed by atoms with E-state index in [1.54, 1.807) is 0 Å². The summed E-state index contributed by atoms with van der Waals surface area (Å²) in [5.74, 6) is 5.56. The minimum atomic E-state index is -0.435. The minimum Gasteiger partial charge on any atom is -0.349 e. The van der Waals surface area contributed by atoms with E-state index in [1.165, 1.54) is 18.2 Å². The highest BCUT2D eigenvalue weighted by Crippen LogP contribution is 2.24. The topological polar surface area (TPSA) is 55.1 Å². The second-order valence-electron chi connectivity index (χ2n) is 5.63. The van der Waals surface area contributed by atoms with E-state index < -0.39 is 5.82 Å². The Morgan fingerprint density at radius 2 is 2.10 bits per heavy atom. The smallest absolute Gasteiger partial charge is 0.252 e. The SMILES string of the molecule is CC1CCC(NC(=O)c2cc(F)ccc2C#CCN)CC1. The molecule has 0 bridgehead atoms. The first-order valence-electron chi connectivity index (χ1n) is 7.39. The molecule has 2 rings (SSSR count). The lowest BCUT2D eigenvalue weighted by atomic mass is 9.87. The van der Waals surface area contributed by atoms with Gasteiger partial charge in [-0.25, -0.2) is 4.39 Å². The summed E-state index contributed by atoms with van der Waals surface area (Å²) in [6, 6.07) is 4.24. The molecule has 0 atom stereocenters. The molecule has 4 heteroatoms. The Morgan fingerprint density at radius 3 is 2.76 bits per heavy atom. The van der Waals surface area contributed by atoms with Crippen molar-refractivity contribution in [1.29, 1.82) is 0 Å². The third-order valence-corrected chi connectivity index (χ3v) is 3.90. The molecule has 21 heavy (non-hydrogen) atoms. The number of carbonyl (C=O) groups is 1. The fraction of sp³-hybridized carbons (Fsp3) is 0.471. The van der Waals surface area contributed by atoms with Crippen molar-refractivity contribution in [2.75, 3.05) is 6.54 Å². The van der Waals surface area contributed by atoms with E-state index >= 15 is 0 Å². The van der Waals surface area contributed by atoms with Crippen molar-refractivity contribution in [3.05, 3.63) is 35.1 Å². The number of carbonyl (C=O) groups excluding carboxylic acids is 1. The number of halogens is 1. The normalized spacial score (nSPS) is 21.3. The summed E-state index contributed by atoms with van der Waals surface area (Å²) < 4.78 is 13.4. The quantitative estimate of drug-likeness (QED) is 0.821. The summed E-state index contributed by atoms with van der Waals surface area (Å²) in [6.45, 7) is 2.43. The lowest BCUT2D eigenvalue weighted by Crippen LogP contribution is -2.37. The molecule has 1 aromatic rings. The standard InChI is InChI=1S/C17H21FN2O/c1-12-4-8-15(9-5-12)20-17(21)16-11-14(18)7-6-13(16)3-2-10-19/h6-7,11-12,15H,4-5,8-10,19H2,1H3,(H,20,21). The maximum atomic E-state index is 13.4. The van der Waals surface area contributed by atoms with Crippen LogP contribution >= 0.6 is 0 Å². The van der Waals surface area contributed by atoms with Crippen molar-refractivity contribution < 1.29 is 9.18 Å². The maximum Gasteiger partial charge on any atom is 0.252 e. The fourth-order valence-electron chi connectivity index (χ4n) is 2.63.